The van der Waals surface area contributed by atoms with Gasteiger partial charge in [0.1, 0.15) is 5.69 Å². The van der Waals surface area contributed by atoms with Gasteiger partial charge in [0.2, 0.25) is 5.95 Å². The third-order valence-corrected chi connectivity index (χ3v) is 1.90. The average Bonchev–Trinajstić information content (AvgIpc) is 2.15. The van der Waals surface area contributed by atoms with E-state index in [0.717, 1.165) is 12.3 Å². The molecule has 0 amide bonds. The molecule has 1 aromatic rings. The highest BCUT2D eigenvalue weighted by Gasteiger charge is 2.33. The molecule has 0 spiro atoms. The topological polar surface area (TPSA) is 47.0 Å². The molecule has 1 heterocycles. The fraction of sp³-hybridized carbons (Fsp3) is 0.600. The molecule has 1 N–H and O–H groups in total. The van der Waals surface area contributed by atoms with Crippen LogP contribution in [0.3, 0.4) is 0 Å². The van der Waals surface area contributed by atoms with Gasteiger partial charge >= 0.3 is 6.18 Å². The Hall–Kier alpha value is -1.37. The first-order valence-corrected chi connectivity index (χ1v) is 4.92. The van der Waals surface area contributed by atoms with Gasteiger partial charge in [0.05, 0.1) is 12.1 Å². The van der Waals surface area contributed by atoms with Gasteiger partial charge in [-0.15, -0.1) is 0 Å². The number of nitrogens with one attached hydrogen (secondary N) is 1. The van der Waals surface area contributed by atoms with Crippen LogP contribution in [0.15, 0.2) is 12.3 Å². The lowest BCUT2D eigenvalue weighted by Gasteiger charge is -2.25. The summed E-state index contributed by atoms with van der Waals surface area (Å²) in [6, 6.07) is 0.828. The second-order valence-corrected chi connectivity index (χ2v) is 4.21. The van der Waals surface area contributed by atoms with Crippen molar-refractivity contribution in [2.75, 3.05) is 19.0 Å². The van der Waals surface area contributed by atoms with Gasteiger partial charge in [0.15, 0.2) is 0 Å². The second kappa shape index (κ2) is 4.87. The number of rotatable bonds is 4. The van der Waals surface area contributed by atoms with Crippen molar-refractivity contribution in [3.8, 4) is 0 Å². The Morgan fingerprint density at radius 3 is 2.53 bits per heavy atom. The van der Waals surface area contributed by atoms with Crippen LogP contribution in [-0.2, 0) is 10.9 Å². The van der Waals surface area contributed by atoms with Crippen molar-refractivity contribution in [3.63, 3.8) is 0 Å². The molecule has 0 bridgehead atoms. The normalized spacial score (nSPS) is 12.6. The minimum absolute atomic E-state index is 0.0677. The van der Waals surface area contributed by atoms with Crippen molar-refractivity contribution in [2.45, 2.75) is 25.6 Å². The SMILES string of the molecule is COCC(C)(C)Nc1nccc(C(F)(F)F)n1. The molecular weight excluding hydrogens is 235 g/mol. The summed E-state index contributed by atoms with van der Waals surface area (Å²) in [6.45, 7) is 3.88. The van der Waals surface area contributed by atoms with E-state index in [1.54, 1.807) is 13.8 Å². The first-order chi connectivity index (χ1) is 7.74. The predicted octanol–water partition coefficient (Wildman–Crippen LogP) is 2.33. The van der Waals surface area contributed by atoms with Crippen molar-refractivity contribution in [1.29, 1.82) is 0 Å². The summed E-state index contributed by atoms with van der Waals surface area (Å²) >= 11 is 0. The van der Waals surface area contributed by atoms with Gasteiger partial charge in [-0.05, 0) is 19.9 Å². The van der Waals surface area contributed by atoms with E-state index < -0.39 is 17.4 Å². The van der Waals surface area contributed by atoms with Gasteiger partial charge in [0, 0.05) is 13.3 Å². The molecule has 1 aromatic heterocycles. The number of halogens is 3. The Kier molecular flexibility index (Phi) is 3.92. The van der Waals surface area contributed by atoms with Crippen molar-refractivity contribution in [2.24, 2.45) is 0 Å². The maximum absolute atomic E-state index is 12.4. The first-order valence-electron chi connectivity index (χ1n) is 4.92. The lowest BCUT2D eigenvalue weighted by Crippen LogP contribution is -2.36. The van der Waals surface area contributed by atoms with Gasteiger partial charge < -0.3 is 10.1 Å². The lowest BCUT2D eigenvalue weighted by molar-refractivity contribution is -0.141. The maximum Gasteiger partial charge on any atom is 0.433 e. The van der Waals surface area contributed by atoms with Crippen LogP contribution >= 0.6 is 0 Å². The molecule has 0 aliphatic heterocycles. The van der Waals surface area contributed by atoms with E-state index in [0.29, 0.717) is 6.61 Å². The molecule has 0 aromatic carbocycles. The molecule has 0 atom stereocenters. The highest BCUT2D eigenvalue weighted by molar-refractivity contribution is 5.29. The van der Waals surface area contributed by atoms with E-state index in [1.807, 2.05) is 0 Å². The summed E-state index contributed by atoms with van der Waals surface area (Å²) in [5.41, 5.74) is -1.51. The molecule has 7 heteroatoms. The number of nitrogens with zero attached hydrogens (tertiary/aromatic N) is 2. The number of anilines is 1. The summed E-state index contributed by atoms with van der Waals surface area (Å²) in [5.74, 6) is -0.0677. The van der Waals surface area contributed by atoms with Gasteiger partial charge in [-0.1, -0.05) is 0 Å². The van der Waals surface area contributed by atoms with Crippen LogP contribution in [0, 0.1) is 0 Å². The number of ether oxygens (including phenoxy) is 1. The zero-order valence-corrected chi connectivity index (χ0v) is 9.80. The number of hydrogen-bond acceptors (Lipinski definition) is 4. The summed E-state index contributed by atoms with van der Waals surface area (Å²) in [5, 5.41) is 2.78. The highest BCUT2D eigenvalue weighted by atomic mass is 19.4. The number of methoxy groups -OCH3 is 1. The van der Waals surface area contributed by atoms with E-state index in [9.17, 15) is 13.2 Å². The van der Waals surface area contributed by atoms with Crippen LogP contribution in [0.4, 0.5) is 19.1 Å². The van der Waals surface area contributed by atoms with Gasteiger partial charge in [-0.25, -0.2) is 9.97 Å². The van der Waals surface area contributed by atoms with Crippen LogP contribution in [0.25, 0.3) is 0 Å². The smallest absolute Gasteiger partial charge is 0.382 e. The van der Waals surface area contributed by atoms with Crippen molar-refractivity contribution in [1.82, 2.24) is 9.97 Å². The number of hydrogen-bond donors (Lipinski definition) is 1. The predicted molar refractivity (Wildman–Crippen MR) is 56.6 cm³/mol. The zero-order valence-electron chi connectivity index (χ0n) is 9.80. The minimum Gasteiger partial charge on any atom is -0.382 e. The molecular formula is C10H14F3N3O. The van der Waals surface area contributed by atoms with Gasteiger partial charge in [-0.2, -0.15) is 13.2 Å². The van der Waals surface area contributed by atoms with E-state index in [4.69, 9.17) is 4.74 Å². The van der Waals surface area contributed by atoms with E-state index in [-0.39, 0.29) is 5.95 Å². The van der Waals surface area contributed by atoms with Crippen molar-refractivity contribution in [3.05, 3.63) is 18.0 Å². The average molecular weight is 249 g/mol. The Morgan fingerprint density at radius 2 is 2.00 bits per heavy atom. The zero-order chi connectivity index (χ0) is 13.1. The molecule has 4 nitrogen and oxygen atoms in total. The molecule has 0 saturated heterocycles. The van der Waals surface area contributed by atoms with Crippen LogP contribution in [0.5, 0.6) is 0 Å². The minimum atomic E-state index is -4.47. The molecule has 1 rings (SSSR count). The quantitative estimate of drug-likeness (QED) is 0.889. The molecule has 17 heavy (non-hydrogen) atoms. The standard InChI is InChI=1S/C10H14F3N3O/c1-9(2,6-17-3)16-8-14-5-4-7(15-8)10(11,12)13/h4-5H,6H2,1-3H3,(H,14,15,16). The second-order valence-electron chi connectivity index (χ2n) is 4.21. The van der Waals surface area contributed by atoms with Crippen molar-refractivity contribution < 1.29 is 17.9 Å². The van der Waals surface area contributed by atoms with Crippen molar-refractivity contribution >= 4 is 5.95 Å². The Bertz CT molecular complexity index is 379. The molecule has 0 radical (unpaired) electrons. The van der Waals surface area contributed by atoms with Gasteiger partial charge in [0.25, 0.3) is 0 Å². The van der Waals surface area contributed by atoms with Crippen LogP contribution in [0.1, 0.15) is 19.5 Å². The molecule has 0 unspecified atom stereocenters. The monoisotopic (exact) mass is 249 g/mol. The Balaban J connectivity index is 2.86. The Morgan fingerprint density at radius 1 is 1.35 bits per heavy atom. The first kappa shape index (κ1) is 13.7. The van der Waals surface area contributed by atoms with Crippen LogP contribution < -0.4 is 5.32 Å². The maximum atomic E-state index is 12.4. The molecule has 0 fully saturated rings. The van der Waals surface area contributed by atoms with E-state index in [2.05, 4.69) is 15.3 Å². The number of aromatic nitrogens is 2. The molecule has 0 saturated carbocycles. The van der Waals surface area contributed by atoms with Gasteiger partial charge in [-0.3, -0.25) is 0 Å². The van der Waals surface area contributed by atoms with Crippen LogP contribution in [0.2, 0.25) is 0 Å². The molecule has 96 valence electrons. The van der Waals surface area contributed by atoms with E-state index in [1.165, 1.54) is 7.11 Å². The van der Waals surface area contributed by atoms with Crippen LogP contribution in [-0.4, -0.2) is 29.2 Å². The fourth-order valence-corrected chi connectivity index (χ4v) is 1.28. The van der Waals surface area contributed by atoms with E-state index >= 15 is 0 Å². The molecule has 0 aliphatic carbocycles. The highest BCUT2D eigenvalue weighted by Crippen LogP contribution is 2.27. The summed E-state index contributed by atoms with van der Waals surface area (Å²) < 4.78 is 42.2. The summed E-state index contributed by atoms with van der Waals surface area (Å²) in [7, 11) is 1.51. The summed E-state index contributed by atoms with van der Waals surface area (Å²) in [4.78, 5) is 7.15. The largest absolute Gasteiger partial charge is 0.433 e. The third kappa shape index (κ3) is 4.18. The Labute approximate surface area is 97.2 Å². The third-order valence-electron chi connectivity index (χ3n) is 1.90. The molecule has 0 aliphatic rings. The fourth-order valence-electron chi connectivity index (χ4n) is 1.28. The lowest BCUT2D eigenvalue weighted by atomic mass is 10.1. The number of alkyl halides is 3. The summed E-state index contributed by atoms with van der Waals surface area (Å²) in [6.07, 6.45) is -3.40.